The quantitative estimate of drug-likeness (QED) is 0.929. The Bertz CT molecular complexity index is 655. The Morgan fingerprint density at radius 1 is 1.14 bits per heavy atom. The molecule has 0 aliphatic carbocycles. The van der Waals surface area contributed by atoms with Crippen LogP contribution >= 0.6 is 0 Å². The van der Waals surface area contributed by atoms with Crippen molar-refractivity contribution < 1.29 is 13.5 Å². The first-order valence-electron chi connectivity index (χ1n) is 6.78. The average molecular weight is 291 g/mol. The van der Waals surface area contributed by atoms with Gasteiger partial charge in [0.2, 0.25) is 0 Å². The van der Waals surface area contributed by atoms with Crippen LogP contribution in [0.1, 0.15) is 28.3 Å². The Balaban J connectivity index is 2.35. The Labute approximate surface area is 123 Å². The summed E-state index contributed by atoms with van der Waals surface area (Å²) in [5, 5.41) is 0. The van der Waals surface area contributed by atoms with Crippen LogP contribution in [0, 0.1) is 25.5 Å². The number of rotatable bonds is 4. The molecule has 1 unspecified atom stereocenters. The summed E-state index contributed by atoms with van der Waals surface area (Å²) in [7, 11) is 1.58. The smallest absolute Gasteiger partial charge is 0.162 e. The van der Waals surface area contributed by atoms with E-state index in [9.17, 15) is 8.78 Å². The van der Waals surface area contributed by atoms with Gasteiger partial charge in [-0.3, -0.25) is 0 Å². The molecule has 21 heavy (non-hydrogen) atoms. The Hall–Kier alpha value is -1.94. The number of hydrogen-bond acceptors (Lipinski definition) is 2. The fourth-order valence-corrected chi connectivity index (χ4v) is 2.43. The Morgan fingerprint density at radius 2 is 1.86 bits per heavy atom. The van der Waals surface area contributed by atoms with Crippen molar-refractivity contribution in [3.63, 3.8) is 0 Å². The molecular formula is C17H19F2NO. The highest BCUT2D eigenvalue weighted by atomic mass is 19.2. The molecule has 2 rings (SSSR count). The Kier molecular flexibility index (Phi) is 4.58. The zero-order valence-electron chi connectivity index (χ0n) is 12.4. The number of methoxy groups -OCH3 is 1. The van der Waals surface area contributed by atoms with Gasteiger partial charge in [-0.05, 0) is 43.0 Å². The molecule has 0 aliphatic heterocycles. The van der Waals surface area contributed by atoms with E-state index < -0.39 is 17.7 Å². The van der Waals surface area contributed by atoms with E-state index in [-0.39, 0.29) is 12.0 Å². The molecule has 4 heteroatoms. The average Bonchev–Trinajstić information content (AvgIpc) is 2.46. The van der Waals surface area contributed by atoms with Gasteiger partial charge in [-0.15, -0.1) is 0 Å². The molecule has 2 N–H and O–H groups in total. The van der Waals surface area contributed by atoms with Crippen molar-refractivity contribution in [1.82, 2.24) is 0 Å². The summed E-state index contributed by atoms with van der Waals surface area (Å²) in [6, 6.07) is 7.50. The maximum atomic E-state index is 13.7. The lowest BCUT2D eigenvalue weighted by Gasteiger charge is -2.19. The number of benzene rings is 2. The first-order chi connectivity index (χ1) is 9.95. The summed E-state index contributed by atoms with van der Waals surface area (Å²) in [5.41, 5.74) is 9.34. The third kappa shape index (κ3) is 3.05. The molecule has 0 saturated heterocycles. The fourth-order valence-electron chi connectivity index (χ4n) is 2.43. The van der Waals surface area contributed by atoms with Gasteiger partial charge in [-0.25, -0.2) is 8.78 Å². The van der Waals surface area contributed by atoms with E-state index >= 15 is 0 Å². The molecule has 0 heterocycles. The van der Waals surface area contributed by atoms with Crippen molar-refractivity contribution in [1.29, 1.82) is 0 Å². The number of hydrogen-bond donors (Lipinski definition) is 1. The number of nitrogens with two attached hydrogens (primary N) is 1. The van der Waals surface area contributed by atoms with E-state index in [0.717, 1.165) is 22.8 Å². The summed E-state index contributed by atoms with van der Waals surface area (Å²) in [6.07, 6.45) is 0.211. The molecule has 2 aromatic carbocycles. The van der Waals surface area contributed by atoms with E-state index in [1.807, 2.05) is 26.0 Å². The largest absolute Gasteiger partial charge is 0.496 e. The molecule has 0 spiro atoms. The van der Waals surface area contributed by atoms with Crippen molar-refractivity contribution in [3.05, 3.63) is 64.2 Å². The van der Waals surface area contributed by atoms with E-state index in [1.54, 1.807) is 13.2 Å². The monoisotopic (exact) mass is 291 g/mol. The maximum Gasteiger partial charge on any atom is 0.162 e. The number of halogens is 2. The van der Waals surface area contributed by atoms with Gasteiger partial charge in [-0.1, -0.05) is 24.3 Å². The molecular weight excluding hydrogens is 272 g/mol. The predicted molar refractivity (Wildman–Crippen MR) is 79.5 cm³/mol. The second-order valence-corrected chi connectivity index (χ2v) is 5.15. The van der Waals surface area contributed by atoms with Crippen molar-refractivity contribution in [3.8, 4) is 5.75 Å². The molecule has 2 nitrogen and oxygen atoms in total. The van der Waals surface area contributed by atoms with Gasteiger partial charge in [0.25, 0.3) is 0 Å². The maximum absolute atomic E-state index is 13.7. The molecule has 0 bridgehead atoms. The summed E-state index contributed by atoms with van der Waals surface area (Å²) < 4.78 is 32.4. The predicted octanol–water partition coefficient (Wildman–Crippen LogP) is 3.83. The van der Waals surface area contributed by atoms with Crippen LogP contribution in [-0.4, -0.2) is 7.11 Å². The second kappa shape index (κ2) is 6.22. The van der Waals surface area contributed by atoms with Crippen LogP contribution in [0.2, 0.25) is 0 Å². The second-order valence-electron chi connectivity index (χ2n) is 5.15. The first-order valence-corrected chi connectivity index (χ1v) is 6.78. The minimum Gasteiger partial charge on any atom is -0.496 e. The third-order valence-electron chi connectivity index (χ3n) is 3.78. The van der Waals surface area contributed by atoms with Gasteiger partial charge in [0.1, 0.15) is 5.75 Å². The summed E-state index contributed by atoms with van der Waals surface area (Å²) in [6.45, 7) is 3.94. The highest BCUT2D eigenvalue weighted by Gasteiger charge is 2.18. The number of aryl methyl sites for hydroxylation is 1. The topological polar surface area (TPSA) is 35.2 Å². The molecule has 0 radical (unpaired) electrons. The lowest BCUT2D eigenvalue weighted by atomic mass is 9.95. The van der Waals surface area contributed by atoms with Crippen molar-refractivity contribution in [2.24, 2.45) is 5.73 Å². The molecule has 0 amide bonds. The van der Waals surface area contributed by atoms with Gasteiger partial charge in [0.15, 0.2) is 11.6 Å². The van der Waals surface area contributed by atoms with Gasteiger partial charge < -0.3 is 10.5 Å². The molecule has 1 atom stereocenters. The summed E-state index contributed by atoms with van der Waals surface area (Å²) in [5.74, 6) is -0.984. The molecule has 0 fully saturated rings. The van der Waals surface area contributed by atoms with Crippen molar-refractivity contribution in [2.75, 3.05) is 7.11 Å². The van der Waals surface area contributed by atoms with E-state index in [2.05, 4.69) is 0 Å². The SMILES string of the molecule is COc1c(C(N)Cc2cccc(F)c2F)ccc(C)c1C. The van der Waals surface area contributed by atoms with Crippen LogP contribution in [0.5, 0.6) is 5.75 Å². The minimum absolute atomic E-state index is 0.211. The zero-order valence-corrected chi connectivity index (χ0v) is 12.4. The van der Waals surface area contributed by atoms with Crippen molar-refractivity contribution in [2.45, 2.75) is 26.3 Å². The van der Waals surface area contributed by atoms with Gasteiger partial charge >= 0.3 is 0 Å². The summed E-state index contributed by atoms with van der Waals surface area (Å²) >= 11 is 0. The van der Waals surface area contributed by atoms with Crippen molar-refractivity contribution >= 4 is 0 Å². The molecule has 0 aliphatic rings. The normalized spacial score (nSPS) is 12.3. The standard InChI is InChI=1S/C17H19F2NO/c1-10-7-8-13(17(21-3)11(10)2)15(20)9-12-5-4-6-14(18)16(12)19/h4-8,15H,9,20H2,1-3H3. The van der Waals surface area contributed by atoms with Crippen LogP contribution in [0.4, 0.5) is 8.78 Å². The summed E-state index contributed by atoms with van der Waals surface area (Å²) in [4.78, 5) is 0. The zero-order chi connectivity index (χ0) is 15.6. The molecule has 0 saturated carbocycles. The lowest BCUT2D eigenvalue weighted by molar-refractivity contribution is 0.401. The fraction of sp³-hybridized carbons (Fsp3) is 0.294. The van der Waals surface area contributed by atoms with Gasteiger partial charge in [-0.2, -0.15) is 0 Å². The van der Waals surface area contributed by atoms with Crippen LogP contribution in [0.25, 0.3) is 0 Å². The van der Waals surface area contributed by atoms with Gasteiger partial charge in [0, 0.05) is 11.6 Å². The first kappa shape index (κ1) is 15.4. The third-order valence-corrected chi connectivity index (χ3v) is 3.78. The van der Waals surface area contributed by atoms with Crippen LogP contribution in [0.3, 0.4) is 0 Å². The Morgan fingerprint density at radius 3 is 2.52 bits per heavy atom. The van der Waals surface area contributed by atoms with Crippen LogP contribution in [0.15, 0.2) is 30.3 Å². The number of ether oxygens (including phenoxy) is 1. The van der Waals surface area contributed by atoms with E-state index in [1.165, 1.54) is 6.07 Å². The molecule has 0 aromatic heterocycles. The van der Waals surface area contributed by atoms with Crippen LogP contribution < -0.4 is 10.5 Å². The molecule has 112 valence electrons. The van der Waals surface area contributed by atoms with E-state index in [4.69, 9.17) is 10.5 Å². The lowest BCUT2D eigenvalue weighted by Crippen LogP contribution is -2.16. The highest BCUT2D eigenvalue weighted by molar-refractivity contribution is 5.47. The highest BCUT2D eigenvalue weighted by Crippen LogP contribution is 2.31. The van der Waals surface area contributed by atoms with E-state index in [0.29, 0.717) is 5.75 Å². The van der Waals surface area contributed by atoms with Crippen LogP contribution in [-0.2, 0) is 6.42 Å². The minimum atomic E-state index is -0.855. The molecule has 2 aromatic rings. The van der Waals surface area contributed by atoms with Gasteiger partial charge in [0.05, 0.1) is 7.11 Å².